The van der Waals surface area contributed by atoms with Crippen LogP contribution in [0.5, 0.6) is 11.5 Å². The Morgan fingerprint density at radius 3 is 2.94 bits per heavy atom. The number of hydrogen-bond acceptors (Lipinski definition) is 7. The Labute approximate surface area is 199 Å². The summed E-state index contributed by atoms with van der Waals surface area (Å²) in [6, 6.07) is 10.9. The summed E-state index contributed by atoms with van der Waals surface area (Å²) >= 11 is 7.51. The fraction of sp³-hybridized carbons (Fsp3) is 0.250. The van der Waals surface area contributed by atoms with E-state index in [4.69, 9.17) is 30.5 Å². The average molecular weight is 488 g/mol. The van der Waals surface area contributed by atoms with Crippen molar-refractivity contribution in [2.24, 2.45) is 0 Å². The number of carbonyl (C=O) groups excluding carboxylic acids is 1. The molecule has 9 heteroatoms. The van der Waals surface area contributed by atoms with Crippen molar-refractivity contribution in [2.75, 3.05) is 20.5 Å². The largest absolute Gasteiger partial charge is 0.497 e. The fourth-order valence-corrected chi connectivity index (χ4v) is 4.80. The Morgan fingerprint density at radius 2 is 2.15 bits per heavy atom. The molecule has 0 radical (unpaired) electrons. The van der Waals surface area contributed by atoms with Crippen molar-refractivity contribution in [3.63, 3.8) is 0 Å². The Morgan fingerprint density at radius 1 is 1.30 bits per heavy atom. The predicted octanol–water partition coefficient (Wildman–Crippen LogP) is 2.66. The Bertz CT molecular complexity index is 1360. The molecule has 0 saturated carbocycles. The van der Waals surface area contributed by atoms with E-state index in [1.165, 1.54) is 22.0 Å². The van der Waals surface area contributed by atoms with Crippen molar-refractivity contribution in [1.29, 1.82) is 0 Å². The molecule has 0 atom stereocenters. The van der Waals surface area contributed by atoms with E-state index in [2.05, 4.69) is 0 Å². The van der Waals surface area contributed by atoms with Crippen LogP contribution in [0.25, 0.3) is 12.2 Å². The third kappa shape index (κ3) is 5.30. The lowest BCUT2D eigenvalue weighted by Gasteiger charge is -2.21. The summed E-state index contributed by atoms with van der Waals surface area (Å²) in [6.07, 6.45) is 3.10. The average Bonchev–Trinajstić information content (AvgIpc) is 3.08. The smallest absolute Gasteiger partial charge is 0.333 e. The predicted molar refractivity (Wildman–Crippen MR) is 126 cm³/mol. The van der Waals surface area contributed by atoms with Crippen LogP contribution in [0, 0.1) is 0 Å². The van der Waals surface area contributed by atoms with Gasteiger partial charge >= 0.3 is 5.97 Å². The lowest BCUT2D eigenvalue weighted by atomic mass is 10.1. The number of thiazole rings is 1. The van der Waals surface area contributed by atoms with Gasteiger partial charge in [-0.15, -0.1) is 11.3 Å². The van der Waals surface area contributed by atoms with E-state index in [1.54, 1.807) is 32.2 Å². The van der Waals surface area contributed by atoms with E-state index in [1.807, 2.05) is 24.3 Å². The molecule has 0 fully saturated rings. The van der Waals surface area contributed by atoms with Gasteiger partial charge in [0.15, 0.2) is 6.79 Å². The van der Waals surface area contributed by atoms with Crippen molar-refractivity contribution in [1.82, 2.24) is 4.57 Å². The highest BCUT2D eigenvalue weighted by Crippen LogP contribution is 2.31. The van der Waals surface area contributed by atoms with Crippen LogP contribution in [0.3, 0.4) is 0 Å². The number of hydrogen-bond donors (Lipinski definition) is 0. The summed E-state index contributed by atoms with van der Waals surface area (Å²) in [5.74, 6) is 0.811. The standard InChI is InChI=1S/C24H22ClNO6S/c1-3-31-22(27)11-21-26(12-16-9-18(25)10-17-13-30-14-32-23(16)17)24(28)20(33-21)8-15-5-4-6-19(7-15)29-2/h4-11H,3,12-14H2,1-2H3/b20-8-,21-11-. The molecule has 1 aliphatic heterocycles. The first-order valence-electron chi connectivity index (χ1n) is 10.2. The lowest BCUT2D eigenvalue weighted by Crippen LogP contribution is -2.32. The van der Waals surface area contributed by atoms with Crippen LogP contribution in [-0.2, 0) is 27.4 Å². The van der Waals surface area contributed by atoms with Gasteiger partial charge in [-0.1, -0.05) is 23.7 Å². The summed E-state index contributed by atoms with van der Waals surface area (Å²) in [4.78, 5) is 25.6. The number of aromatic nitrogens is 1. The number of rotatable bonds is 6. The van der Waals surface area contributed by atoms with E-state index in [0.29, 0.717) is 32.3 Å². The molecule has 3 aromatic rings. The third-order valence-electron chi connectivity index (χ3n) is 4.94. The van der Waals surface area contributed by atoms with Crippen LogP contribution in [0.15, 0.2) is 41.2 Å². The summed E-state index contributed by atoms with van der Waals surface area (Å²) in [7, 11) is 1.59. The molecule has 33 heavy (non-hydrogen) atoms. The molecule has 172 valence electrons. The van der Waals surface area contributed by atoms with Gasteiger partial charge in [-0.3, -0.25) is 9.36 Å². The molecule has 0 saturated heterocycles. The second-order valence-electron chi connectivity index (χ2n) is 7.18. The van der Waals surface area contributed by atoms with Crippen LogP contribution in [0.2, 0.25) is 5.02 Å². The normalized spacial score (nSPS) is 14.0. The highest BCUT2D eigenvalue weighted by molar-refractivity contribution is 7.07. The minimum Gasteiger partial charge on any atom is -0.497 e. The number of ether oxygens (including phenoxy) is 4. The second kappa shape index (κ2) is 10.2. The number of methoxy groups -OCH3 is 1. The zero-order valence-electron chi connectivity index (χ0n) is 18.1. The van der Waals surface area contributed by atoms with Crippen molar-refractivity contribution >= 4 is 41.1 Å². The van der Waals surface area contributed by atoms with Crippen molar-refractivity contribution in [3.8, 4) is 11.5 Å². The van der Waals surface area contributed by atoms with E-state index >= 15 is 0 Å². The number of halogens is 1. The summed E-state index contributed by atoms with van der Waals surface area (Å²) < 4.78 is 23.8. The Hall–Kier alpha value is -3.07. The molecule has 7 nitrogen and oxygen atoms in total. The minimum atomic E-state index is -0.516. The topological polar surface area (TPSA) is 76.0 Å². The quantitative estimate of drug-likeness (QED) is 0.498. The number of nitrogens with zero attached hydrogens (tertiary/aromatic N) is 1. The maximum absolute atomic E-state index is 13.4. The first-order chi connectivity index (χ1) is 16.0. The van der Waals surface area contributed by atoms with E-state index < -0.39 is 5.97 Å². The highest BCUT2D eigenvalue weighted by atomic mass is 35.5. The SMILES string of the molecule is CCOC(=O)/C=c1\s/c(=C\c2cccc(OC)c2)c(=O)n1Cc1cc(Cl)cc2c1OCOC2. The van der Waals surface area contributed by atoms with Gasteiger partial charge in [-0.05, 0) is 42.8 Å². The van der Waals surface area contributed by atoms with Crippen molar-refractivity contribution in [3.05, 3.63) is 77.7 Å². The first-order valence-corrected chi connectivity index (χ1v) is 11.4. The first kappa shape index (κ1) is 23.1. The molecule has 0 aliphatic carbocycles. The van der Waals surface area contributed by atoms with Gasteiger partial charge in [0.05, 0.1) is 37.5 Å². The number of esters is 1. The molecule has 4 rings (SSSR count). The van der Waals surface area contributed by atoms with Crippen LogP contribution in [-0.4, -0.2) is 31.0 Å². The van der Waals surface area contributed by atoms with Gasteiger partial charge in [0, 0.05) is 16.1 Å². The minimum absolute atomic E-state index is 0.122. The molecule has 1 aliphatic rings. The summed E-state index contributed by atoms with van der Waals surface area (Å²) in [5.41, 5.74) is 2.11. The monoisotopic (exact) mass is 487 g/mol. The number of fused-ring (bicyclic) bond motifs is 1. The fourth-order valence-electron chi connectivity index (χ4n) is 3.50. The highest BCUT2D eigenvalue weighted by Gasteiger charge is 2.18. The van der Waals surface area contributed by atoms with Gasteiger partial charge in [0.25, 0.3) is 5.56 Å². The Kier molecular flexibility index (Phi) is 7.17. The summed E-state index contributed by atoms with van der Waals surface area (Å²) in [6.45, 7) is 2.64. The van der Waals surface area contributed by atoms with E-state index in [9.17, 15) is 9.59 Å². The van der Waals surface area contributed by atoms with Gasteiger partial charge in [-0.25, -0.2) is 4.79 Å². The molecule has 0 unspecified atom stereocenters. The van der Waals surface area contributed by atoms with Crippen LogP contribution in [0.4, 0.5) is 0 Å². The molecule has 0 N–H and O–H groups in total. The van der Waals surface area contributed by atoms with Gasteiger partial charge in [0.2, 0.25) is 0 Å². The van der Waals surface area contributed by atoms with Gasteiger partial charge in [-0.2, -0.15) is 0 Å². The van der Waals surface area contributed by atoms with Crippen molar-refractivity contribution < 1.29 is 23.7 Å². The molecule has 0 amide bonds. The molecule has 0 spiro atoms. The second-order valence-corrected chi connectivity index (χ2v) is 8.68. The van der Waals surface area contributed by atoms with Gasteiger partial charge < -0.3 is 18.9 Å². The number of benzene rings is 2. The van der Waals surface area contributed by atoms with Crippen LogP contribution >= 0.6 is 22.9 Å². The summed E-state index contributed by atoms with van der Waals surface area (Å²) in [5, 5.41) is 0.514. The molecular weight excluding hydrogens is 466 g/mol. The molecule has 2 heterocycles. The zero-order chi connectivity index (χ0) is 23.4. The maximum Gasteiger partial charge on any atom is 0.333 e. The van der Waals surface area contributed by atoms with Crippen LogP contribution in [0.1, 0.15) is 23.6 Å². The molecule has 2 aromatic carbocycles. The van der Waals surface area contributed by atoms with E-state index in [-0.39, 0.29) is 25.5 Å². The lowest BCUT2D eigenvalue weighted by molar-refractivity contribution is -0.135. The Balaban J connectivity index is 1.85. The third-order valence-corrected chi connectivity index (χ3v) is 6.21. The van der Waals surface area contributed by atoms with E-state index in [0.717, 1.165) is 16.7 Å². The molecule has 0 bridgehead atoms. The van der Waals surface area contributed by atoms with Crippen molar-refractivity contribution in [2.45, 2.75) is 20.1 Å². The number of carbonyl (C=O) groups is 1. The molecular formula is C24H22ClNO6S. The van der Waals surface area contributed by atoms with Crippen LogP contribution < -0.4 is 24.2 Å². The zero-order valence-corrected chi connectivity index (χ0v) is 19.7. The van der Waals surface area contributed by atoms with Gasteiger partial charge in [0.1, 0.15) is 16.2 Å². The maximum atomic E-state index is 13.4. The molecule has 1 aromatic heterocycles.